The van der Waals surface area contributed by atoms with Gasteiger partial charge in [-0.05, 0) is 20.8 Å². The molecule has 0 saturated heterocycles. The maximum absolute atomic E-state index is 11.4. The molecule has 0 aromatic carbocycles. The highest BCUT2D eigenvalue weighted by Gasteiger charge is 2.18. The summed E-state index contributed by atoms with van der Waals surface area (Å²) in [6.45, 7) is 6.70. The zero-order valence-corrected chi connectivity index (χ0v) is 10.3. The minimum Gasteiger partial charge on any atom is -0.450 e. The third-order valence-electron chi connectivity index (χ3n) is 1.47. The molecule has 14 heavy (non-hydrogen) atoms. The fourth-order valence-corrected chi connectivity index (χ4v) is 1.38. The monoisotopic (exact) mass is 241 g/mol. The Morgan fingerprint density at radius 2 is 1.71 bits per heavy atom. The molecule has 0 saturated carbocycles. The molecule has 0 bridgehead atoms. The van der Waals surface area contributed by atoms with Crippen LogP contribution in [0, 0.1) is 0 Å². The van der Waals surface area contributed by atoms with E-state index < -0.39 is 0 Å². The Kier molecular flexibility index (Phi) is 7.11. The maximum atomic E-state index is 11.4. The molecule has 0 N–H and O–H groups in total. The van der Waals surface area contributed by atoms with Crippen molar-refractivity contribution in [2.45, 2.75) is 31.5 Å². The second-order valence-corrected chi connectivity index (χ2v) is 4.66. The predicted octanol–water partition coefficient (Wildman–Crippen LogP) is 2.70. The van der Waals surface area contributed by atoms with Crippen LogP contribution in [0.4, 0.5) is 4.79 Å². The molecular weight excluding hydrogens is 225 g/mol. The number of alkyl halides is 2. The minimum atomic E-state index is -0.354. The van der Waals surface area contributed by atoms with Gasteiger partial charge in [-0.1, -0.05) is 0 Å². The van der Waals surface area contributed by atoms with Crippen LogP contribution in [0.2, 0.25) is 0 Å². The Morgan fingerprint density at radius 1 is 1.29 bits per heavy atom. The number of hydrogen-bond donors (Lipinski definition) is 0. The third kappa shape index (κ3) is 6.33. The highest BCUT2D eigenvalue weighted by molar-refractivity contribution is 6.21. The molecule has 2 unspecified atom stereocenters. The molecule has 0 aliphatic heterocycles. The average molecular weight is 242 g/mol. The van der Waals surface area contributed by atoms with E-state index in [-0.39, 0.29) is 16.8 Å². The van der Waals surface area contributed by atoms with E-state index in [2.05, 4.69) is 0 Å². The van der Waals surface area contributed by atoms with Crippen molar-refractivity contribution < 1.29 is 9.53 Å². The largest absolute Gasteiger partial charge is 0.450 e. The Hall–Kier alpha value is -0.150. The molecular formula is C9H17Cl2NO2. The Morgan fingerprint density at radius 3 is 2.00 bits per heavy atom. The van der Waals surface area contributed by atoms with E-state index in [1.54, 1.807) is 6.92 Å². The SMILES string of the molecule is CCOC(=O)N(CC(C)Cl)CC(C)Cl. The molecule has 0 rings (SSSR count). The summed E-state index contributed by atoms with van der Waals surface area (Å²) in [5, 5.41) is -0.204. The highest BCUT2D eigenvalue weighted by Crippen LogP contribution is 2.05. The van der Waals surface area contributed by atoms with Gasteiger partial charge in [-0.3, -0.25) is 0 Å². The van der Waals surface area contributed by atoms with Crippen molar-refractivity contribution in [2.24, 2.45) is 0 Å². The molecule has 5 heteroatoms. The van der Waals surface area contributed by atoms with E-state index >= 15 is 0 Å². The summed E-state index contributed by atoms with van der Waals surface area (Å²) in [7, 11) is 0. The van der Waals surface area contributed by atoms with Crippen LogP contribution in [0.15, 0.2) is 0 Å². The lowest BCUT2D eigenvalue weighted by atomic mass is 10.3. The van der Waals surface area contributed by atoms with Gasteiger partial charge in [0, 0.05) is 23.8 Å². The van der Waals surface area contributed by atoms with Crippen molar-refractivity contribution in [1.29, 1.82) is 0 Å². The van der Waals surface area contributed by atoms with Crippen LogP contribution in [0.25, 0.3) is 0 Å². The van der Waals surface area contributed by atoms with Crippen molar-refractivity contribution in [2.75, 3.05) is 19.7 Å². The van der Waals surface area contributed by atoms with Gasteiger partial charge in [-0.2, -0.15) is 0 Å². The number of amides is 1. The number of carbonyl (C=O) groups excluding carboxylic acids is 1. The summed E-state index contributed by atoms with van der Waals surface area (Å²) < 4.78 is 4.88. The zero-order chi connectivity index (χ0) is 11.1. The number of carbonyl (C=O) groups is 1. The predicted molar refractivity (Wildman–Crippen MR) is 59.2 cm³/mol. The van der Waals surface area contributed by atoms with Gasteiger partial charge < -0.3 is 9.64 Å². The van der Waals surface area contributed by atoms with Gasteiger partial charge in [0.15, 0.2) is 0 Å². The molecule has 0 aromatic heterocycles. The second kappa shape index (κ2) is 7.18. The number of hydrogen-bond acceptors (Lipinski definition) is 2. The lowest BCUT2D eigenvalue weighted by molar-refractivity contribution is 0.108. The molecule has 84 valence electrons. The van der Waals surface area contributed by atoms with Gasteiger partial charge in [0.1, 0.15) is 0 Å². The fourth-order valence-electron chi connectivity index (χ4n) is 1.05. The molecule has 0 aliphatic rings. The molecule has 0 spiro atoms. The molecule has 2 atom stereocenters. The van der Waals surface area contributed by atoms with E-state index in [9.17, 15) is 4.79 Å². The summed E-state index contributed by atoms with van der Waals surface area (Å²) in [4.78, 5) is 12.9. The first kappa shape index (κ1) is 13.8. The summed E-state index contributed by atoms with van der Waals surface area (Å²) in [5.74, 6) is 0. The number of nitrogens with zero attached hydrogens (tertiary/aromatic N) is 1. The fraction of sp³-hybridized carbons (Fsp3) is 0.889. The lowest BCUT2D eigenvalue weighted by Gasteiger charge is -2.23. The van der Waals surface area contributed by atoms with Crippen LogP contribution in [0.1, 0.15) is 20.8 Å². The van der Waals surface area contributed by atoms with Crippen LogP contribution in [-0.2, 0) is 4.74 Å². The summed E-state index contributed by atoms with van der Waals surface area (Å²) in [6.07, 6.45) is -0.354. The van der Waals surface area contributed by atoms with Crippen molar-refractivity contribution in [1.82, 2.24) is 4.90 Å². The summed E-state index contributed by atoms with van der Waals surface area (Å²) >= 11 is 11.6. The van der Waals surface area contributed by atoms with E-state index in [0.717, 1.165) is 0 Å². The van der Waals surface area contributed by atoms with E-state index in [1.807, 2.05) is 13.8 Å². The van der Waals surface area contributed by atoms with Crippen molar-refractivity contribution in [3.63, 3.8) is 0 Å². The quantitative estimate of drug-likeness (QED) is 0.693. The van der Waals surface area contributed by atoms with Crippen molar-refractivity contribution in [3.05, 3.63) is 0 Å². The molecule has 0 aromatic rings. The van der Waals surface area contributed by atoms with Crippen LogP contribution in [0.3, 0.4) is 0 Å². The van der Waals surface area contributed by atoms with Crippen LogP contribution >= 0.6 is 23.2 Å². The van der Waals surface area contributed by atoms with Gasteiger partial charge in [0.25, 0.3) is 0 Å². The van der Waals surface area contributed by atoms with Gasteiger partial charge in [0.2, 0.25) is 0 Å². The number of halogens is 2. The van der Waals surface area contributed by atoms with E-state index in [1.165, 1.54) is 4.90 Å². The Balaban J connectivity index is 4.15. The molecule has 0 heterocycles. The van der Waals surface area contributed by atoms with E-state index in [0.29, 0.717) is 19.7 Å². The lowest BCUT2D eigenvalue weighted by Crippen LogP contribution is -2.39. The van der Waals surface area contributed by atoms with Crippen molar-refractivity contribution in [3.8, 4) is 0 Å². The first-order valence-electron chi connectivity index (χ1n) is 4.67. The normalized spacial score (nSPS) is 14.6. The van der Waals surface area contributed by atoms with Crippen molar-refractivity contribution >= 4 is 29.3 Å². The van der Waals surface area contributed by atoms with Gasteiger partial charge in [-0.15, -0.1) is 23.2 Å². The van der Waals surface area contributed by atoms with Gasteiger partial charge in [0.05, 0.1) is 6.61 Å². The van der Waals surface area contributed by atoms with Crippen LogP contribution in [-0.4, -0.2) is 41.4 Å². The van der Waals surface area contributed by atoms with Crippen LogP contribution in [0.5, 0.6) is 0 Å². The zero-order valence-electron chi connectivity index (χ0n) is 8.80. The molecule has 0 aliphatic carbocycles. The van der Waals surface area contributed by atoms with E-state index in [4.69, 9.17) is 27.9 Å². The smallest absolute Gasteiger partial charge is 0.409 e. The Bertz CT molecular complexity index is 164. The summed E-state index contributed by atoms with van der Waals surface area (Å²) in [5.41, 5.74) is 0. The number of rotatable bonds is 5. The standard InChI is InChI=1S/C9H17Cl2NO2/c1-4-14-9(13)12(5-7(2)10)6-8(3)11/h7-8H,4-6H2,1-3H3. The topological polar surface area (TPSA) is 29.5 Å². The first-order valence-corrected chi connectivity index (χ1v) is 5.54. The maximum Gasteiger partial charge on any atom is 0.409 e. The Labute approximate surface area is 95.3 Å². The summed E-state index contributed by atoms with van der Waals surface area (Å²) in [6, 6.07) is 0. The molecule has 0 fully saturated rings. The number of ether oxygens (including phenoxy) is 1. The first-order chi connectivity index (χ1) is 6.47. The average Bonchev–Trinajstić information content (AvgIpc) is 2.01. The second-order valence-electron chi connectivity index (χ2n) is 3.17. The third-order valence-corrected chi connectivity index (χ3v) is 1.75. The van der Waals surface area contributed by atoms with Crippen LogP contribution < -0.4 is 0 Å². The highest BCUT2D eigenvalue weighted by atomic mass is 35.5. The minimum absolute atomic E-state index is 0.102. The van der Waals surface area contributed by atoms with Gasteiger partial charge >= 0.3 is 6.09 Å². The molecule has 3 nitrogen and oxygen atoms in total. The molecule has 0 radical (unpaired) electrons. The van der Waals surface area contributed by atoms with Gasteiger partial charge in [-0.25, -0.2) is 4.79 Å². The molecule has 1 amide bonds.